The van der Waals surface area contributed by atoms with E-state index in [2.05, 4.69) is 0 Å². The van der Waals surface area contributed by atoms with E-state index in [1.54, 1.807) is 0 Å². The zero-order valence-corrected chi connectivity index (χ0v) is 15.1. The van der Waals surface area contributed by atoms with Crippen LogP contribution in [0.1, 0.15) is 0 Å². The Bertz CT molecular complexity index is 236. The third kappa shape index (κ3) is 135000. The van der Waals surface area contributed by atoms with Gasteiger partial charge in [-0.1, -0.05) is 0 Å². The average molecular weight is 502 g/mol. The Morgan fingerprint density at radius 1 is 0.375 bits per heavy atom. The summed E-state index contributed by atoms with van der Waals surface area (Å²) in [4.78, 5) is 0. The minimum absolute atomic E-state index is 0. The molecule has 20 nitrogen and oxygen atoms in total. The van der Waals surface area contributed by atoms with Gasteiger partial charge >= 0.3 is 33.6 Å². The smallest absolute Gasteiger partial charge is 1.00 e. The van der Waals surface area contributed by atoms with Crippen molar-refractivity contribution >= 4 is 20.8 Å². The van der Waals surface area contributed by atoms with E-state index in [0.717, 1.165) is 0 Å². The third-order valence-corrected chi connectivity index (χ3v) is 0. The summed E-state index contributed by atoms with van der Waals surface area (Å²) >= 11 is 0. The second kappa shape index (κ2) is 76.6. The molecule has 0 unspecified atom stereocenters. The van der Waals surface area contributed by atoms with Crippen molar-refractivity contribution < 1.29 is 79.1 Å². The summed E-state index contributed by atoms with van der Waals surface area (Å²) in [6.45, 7) is 0. The van der Waals surface area contributed by atoms with Crippen LogP contribution in [0.15, 0.2) is 0 Å². The van der Waals surface area contributed by atoms with Crippen molar-refractivity contribution in [3.8, 4) is 0 Å². The Labute approximate surface area is 161 Å². The van der Waals surface area contributed by atoms with Crippen molar-refractivity contribution in [2.45, 2.75) is 0 Å². The maximum absolute atomic E-state index is 8.52. The van der Waals surface area contributed by atoms with Gasteiger partial charge in [-0.2, -0.15) is 0 Å². The minimum atomic E-state index is -5.17. The molecular formula is H20Co2N10O10S2-10. The SMILES string of the molecule is O=S(=O)([O-])[O-].O=S(=O)([O-])[O-].[Co+3].[Co+3].[NH2-].[NH2-].[NH2-].[NH2-].[NH2-].[NH2-].[NH2-].[NH2-].[NH2-].[NH2-].[O-][O-]. The van der Waals surface area contributed by atoms with Gasteiger partial charge in [0.2, 0.25) is 0 Å². The molecule has 0 spiro atoms. The predicted octanol–water partition coefficient (Wildman–Crippen LogP) is 2.11. The summed E-state index contributed by atoms with van der Waals surface area (Å²) in [5.41, 5.74) is 0. The van der Waals surface area contributed by atoms with E-state index in [0.29, 0.717) is 0 Å². The minimum Gasteiger partial charge on any atom is -1.00 e. The molecule has 0 rings (SSSR count). The van der Waals surface area contributed by atoms with Crippen molar-refractivity contribution in [3.05, 3.63) is 61.5 Å². The van der Waals surface area contributed by atoms with Crippen LogP contribution in [-0.4, -0.2) is 35.0 Å². The van der Waals surface area contributed by atoms with Gasteiger partial charge in [0, 0.05) is 20.8 Å². The zero-order chi connectivity index (χ0) is 11.0. The number of hydrogen-bond acceptors (Lipinski definition) is 10. The summed E-state index contributed by atoms with van der Waals surface area (Å²) in [5.74, 6) is 0. The van der Waals surface area contributed by atoms with E-state index in [1.165, 1.54) is 0 Å². The van der Waals surface area contributed by atoms with Crippen LogP contribution < -0.4 is 10.5 Å². The van der Waals surface area contributed by atoms with Crippen LogP contribution in [0.5, 0.6) is 0 Å². The molecule has 0 aliphatic rings. The van der Waals surface area contributed by atoms with E-state index >= 15 is 0 Å². The molecule has 0 saturated carbocycles. The molecule has 0 aliphatic carbocycles. The molecule has 0 aliphatic heterocycles. The summed E-state index contributed by atoms with van der Waals surface area (Å²) < 4.78 is 68.2. The largest absolute Gasteiger partial charge is 3.00 e. The molecule has 0 aromatic rings. The standard InChI is InChI=1S/2Co.10H2N.2H2O4S.O2/c;;;;;;;;;;;;2*1-5(2,3)4;1-2/h;;10*1H2;2*(H2,1,2,3,4);/q2*+3;10*-1;;;-2/p-4. The van der Waals surface area contributed by atoms with Gasteiger partial charge in [-0.25, -0.2) is 0 Å². The molecule has 0 amide bonds. The summed E-state index contributed by atoms with van der Waals surface area (Å²) in [6, 6.07) is 0. The molecule has 0 saturated heterocycles. The molecule has 0 aromatic carbocycles. The molecule has 0 heterocycles. The fourth-order valence-electron chi connectivity index (χ4n) is 0. The fourth-order valence-corrected chi connectivity index (χ4v) is 0. The van der Waals surface area contributed by atoms with E-state index < -0.39 is 20.8 Å². The molecule has 24 heavy (non-hydrogen) atoms. The Morgan fingerprint density at radius 2 is 0.375 bits per heavy atom. The van der Waals surface area contributed by atoms with Crippen molar-refractivity contribution in [3.63, 3.8) is 0 Å². The maximum Gasteiger partial charge on any atom is 3.00 e. The van der Waals surface area contributed by atoms with E-state index in [-0.39, 0.29) is 95.1 Å². The van der Waals surface area contributed by atoms with E-state index in [4.69, 9.17) is 45.6 Å². The molecule has 20 N–H and O–H groups in total. The van der Waals surface area contributed by atoms with Crippen molar-refractivity contribution in [1.29, 1.82) is 0 Å². The Balaban J connectivity index is -0.00000000323. The first kappa shape index (κ1) is 153. The Kier molecular flexibility index (Phi) is 488. The summed E-state index contributed by atoms with van der Waals surface area (Å²) in [6.07, 6.45) is 0. The quantitative estimate of drug-likeness (QED) is 0.201. The van der Waals surface area contributed by atoms with Gasteiger partial charge in [-0.05, 0) is 0 Å². The van der Waals surface area contributed by atoms with E-state index in [9.17, 15) is 0 Å². The zero-order valence-electron chi connectivity index (χ0n) is 11.3. The molecule has 0 atom stereocenters. The Hall–Kier alpha value is 0.273. The molecule has 24 heteroatoms. The summed E-state index contributed by atoms with van der Waals surface area (Å²) in [5, 5.41) is 14.0. The van der Waals surface area contributed by atoms with Gasteiger partial charge < -0.3 is 90.2 Å². The first-order valence-electron chi connectivity index (χ1n) is 1.50. The molecular weight excluding hydrogens is 482 g/mol. The van der Waals surface area contributed by atoms with Gasteiger partial charge in [0.15, 0.2) is 0 Å². The van der Waals surface area contributed by atoms with Gasteiger partial charge in [0.05, 0.1) is 0 Å². The summed E-state index contributed by atoms with van der Waals surface area (Å²) in [7, 11) is -10.3. The number of rotatable bonds is 0. The fraction of sp³-hybridized carbons (Fsp3) is 0. The molecule has 0 fully saturated rings. The van der Waals surface area contributed by atoms with Crippen molar-refractivity contribution in [2.24, 2.45) is 0 Å². The molecule has 0 aromatic heterocycles. The monoisotopic (exact) mass is 502 g/mol. The number of hydrogen-bond donors (Lipinski definition) is 0. The van der Waals surface area contributed by atoms with Crippen LogP contribution in [0.25, 0.3) is 61.5 Å². The second-order valence-corrected chi connectivity index (χ2v) is 2.45. The topological polar surface area (TPSA) is 542 Å². The van der Waals surface area contributed by atoms with E-state index in [1.807, 2.05) is 0 Å². The molecule has 170 valence electrons. The van der Waals surface area contributed by atoms with Crippen molar-refractivity contribution in [1.82, 2.24) is 0 Å². The maximum atomic E-state index is 8.52. The van der Waals surface area contributed by atoms with Crippen LogP contribution in [0.4, 0.5) is 0 Å². The van der Waals surface area contributed by atoms with Gasteiger partial charge in [0.25, 0.3) is 0 Å². The van der Waals surface area contributed by atoms with Crippen LogP contribution >= 0.6 is 0 Å². The van der Waals surface area contributed by atoms with Gasteiger partial charge in [-0.15, -0.1) is 0 Å². The average Bonchev–Trinajstić information content (AvgIpc) is 1.59. The first-order chi connectivity index (χ1) is 5.00. The van der Waals surface area contributed by atoms with Gasteiger partial charge in [-0.3, -0.25) is 16.8 Å². The van der Waals surface area contributed by atoms with Crippen LogP contribution in [0.3, 0.4) is 0 Å². The van der Waals surface area contributed by atoms with Crippen LogP contribution in [0, 0.1) is 0 Å². The normalized spacial score (nSPS) is 5.08. The van der Waals surface area contributed by atoms with Crippen LogP contribution in [0.2, 0.25) is 0 Å². The van der Waals surface area contributed by atoms with Crippen LogP contribution in [-0.2, 0) is 54.4 Å². The molecule has 0 radical (unpaired) electrons. The molecule has 0 bridgehead atoms. The Morgan fingerprint density at radius 3 is 0.375 bits per heavy atom. The third-order valence-electron chi connectivity index (χ3n) is 0. The number of nitrogens with two attached hydrogens (primary N) is 10. The first-order valence-corrected chi connectivity index (χ1v) is 4.17. The second-order valence-electron chi connectivity index (χ2n) is 0.816. The van der Waals surface area contributed by atoms with Gasteiger partial charge in [0.1, 0.15) is 0 Å². The predicted molar refractivity (Wildman–Crippen MR) is 73.8 cm³/mol. The van der Waals surface area contributed by atoms with Crippen molar-refractivity contribution in [2.75, 3.05) is 0 Å².